The number of nitrogens with one attached hydrogen (secondary N) is 1. The molecular weight excluding hydrogens is 284 g/mol. The van der Waals surface area contributed by atoms with E-state index in [1.54, 1.807) is 0 Å². The molecule has 0 heterocycles. The molecule has 0 saturated heterocycles. The van der Waals surface area contributed by atoms with E-state index in [9.17, 15) is 0 Å². The summed E-state index contributed by atoms with van der Waals surface area (Å²) in [5, 5.41) is 5.12. The molecule has 3 nitrogen and oxygen atoms in total. The minimum atomic E-state index is 0.672. The third-order valence-electron chi connectivity index (χ3n) is 3.03. The van der Waals surface area contributed by atoms with Gasteiger partial charge in [0.15, 0.2) is 0 Å². The standard InChI is InChI=1S/C17H19ClN2O/c1-3-21-17-10-6-15(7-11-17)13(2)20-19-12-14-4-8-16(18)9-5-14/h4-11,19H,3,12H2,1-2H3/b20-13-. The first-order valence-electron chi connectivity index (χ1n) is 6.94. The summed E-state index contributed by atoms with van der Waals surface area (Å²) >= 11 is 5.85. The highest BCUT2D eigenvalue weighted by Gasteiger charge is 1.99. The molecule has 0 saturated carbocycles. The Morgan fingerprint density at radius 3 is 2.38 bits per heavy atom. The van der Waals surface area contributed by atoms with E-state index in [1.807, 2.05) is 62.4 Å². The maximum absolute atomic E-state index is 5.85. The van der Waals surface area contributed by atoms with E-state index in [0.29, 0.717) is 13.2 Å². The zero-order valence-electron chi connectivity index (χ0n) is 12.3. The molecule has 0 aromatic heterocycles. The van der Waals surface area contributed by atoms with Crippen LogP contribution >= 0.6 is 11.6 Å². The van der Waals surface area contributed by atoms with Crippen LogP contribution in [0.3, 0.4) is 0 Å². The average Bonchev–Trinajstić information content (AvgIpc) is 2.50. The molecule has 110 valence electrons. The van der Waals surface area contributed by atoms with Gasteiger partial charge < -0.3 is 10.2 Å². The number of ether oxygens (including phenoxy) is 1. The number of hydrazone groups is 1. The molecule has 0 aliphatic heterocycles. The molecule has 21 heavy (non-hydrogen) atoms. The molecule has 0 fully saturated rings. The Labute approximate surface area is 130 Å². The quantitative estimate of drug-likeness (QED) is 0.639. The van der Waals surface area contributed by atoms with E-state index < -0.39 is 0 Å². The van der Waals surface area contributed by atoms with E-state index in [-0.39, 0.29) is 0 Å². The molecule has 1 N–H and O–H groups in total. The first-order chi connectivity index (χ1) is 10.2. The number of benzene rings is 2. The Hall–Kier alpha value is -2.00. The lowest BCUT2D eigenvalue weighted by Crippen LogP contribution is -2.09. The van der Waals surface area contributed by atoms with Crippen molar-refractivity contribution in [3.8, 4) is 5.75 Å². The van der Waals surface area contributed by atoms with Crippen molar-refractivity contribution >= 4 is 17.3 Å². The fourth-order valence-electron chi connectivity index (χ4n) is 1.88. The molecule has 0 atom stereocenters. The van der Waals surface area contributed by atoms with Crippen LogP contribution in [0.1, 0.15) is 25.0 Å². The first kappa shape index (κ1) is 15.4. The summed E-state index contributed by atoms with van der Waals surface area (Å²) in [5.74, 6) is 0.878. The molecule has 2 aromatic carbocycles. The van der Waals surface area contributed by atoms with Crippen LogP contribution in [0, 0.1) is 0 Å². The zero-order chi connectivity index (χ0) is 15.1. The maximum atomic E-state index is 5.85. The highest BCUT2D eigenvalue weighted by molar-refractivity contribution is 6.30. The summed E-state index contributed by atoms with van der Waals surface area (Å²) in [6, 6.07) is 15.6. The van der Waals surface area contributed by atoms with Gasteiger partial charge in [-0.2, -0.15) is 5.10 Å². The smallest absolute Gasteiger partial charge is 0.119 e. The average molecular weight is 303 g/mol. The molecule has 0 aliphatic carbocycles. The second kappa shape index (κ2) is 7.70. The van der Waals surface area contributed by atoms with E-state index in [0.717, 1.165) is 27.6 Å². The van der Waals surface area contributed by atoms with Gasteiger partial charge in [0.05, 0.1) is 18.9 Å². The third-order valence-corrected chi connectivity index (χ3v) is 3.28. The van der Waals surface area contributed by atoms with Crippen LogP contribution in [-0.4, -0.2) is 12.3 Å². The van der Waals surface area contributed by atoms with Gasteiger partial charge in [-0.05, 0) is 61.4 Å². The molecule has 4 heteroatoms. The van der Waals surface area contributed by atoms with Gasteiger partial charge in [0.1, 0.15) is 5.75 Å². The lowest BCUT2D eigenvalue weighted by molar-refractivity contribution is 0.340. The summed E-state index contributed by atoms with van der Waals surface area (Å²) in [6.45, 7) is 5.30. The van der Waals surface area contributed by atoms with E-state index in [2.05, 4.69) is 10.5 Å². The zero-order valence-corrected chi connectivity index (χ0v) is 13.0. The van der Waals surface area contributed by atoms with Gasteiger partial charge in [0.2, 0.25) is 0 Å². The summed E-state index contributed by atoms with van der Waals surface area (Å²) in [7, 11) is 0. The molecule has 2 rings (SSSR count). The summed E-state index contributed by atoms with van der Waals surface area (Å²) in [6.07, 6.45) is 0. The van der Waals surface area contributed by atoms with Crippen molar-refractivity contribution < 1.29 is 4.74 Å². The molecule has 0 unspecified atom stereocenters. The van der Waals surface area contributed by atoms with Crippen LogP contribution in [0.5, 0.6) is 5.75 Å². The Bertz CT molecular complexity index is 591. The van der Waals surface area contributed by atoms with Crippen LogP contribution in [0.4, 0.5) is 0 Å². The lowest BCUT2D eigenvalue weighted by atomic mass is 10.1. The Balaban J connectivity index is 1.92. The van der Waals surface area contributed by atoms with Crippen molar-refractivity contribution in [3.05, 3.63) is 64.7 Å². The fraction of sp³-hybridized carbons (Fsp3) is 0.235. The van der Waals surface area contributed by atoms with E-state index in [4.69, 9.17) is 16.3 Å². The number of nitrogens with zero attached hydrogens (tertiary/aromatic N) is 1. The second-order valence-electron chi connectivity index (χ2n) is 4.62. The van der Waals surface area contributed by atoms with Gasteiger partial charge >= 0.3 is 0 Å². The number of rotatable bonds is 6. The van der Waals surface area contributed by atoms with Gasteiger partial charge in [-0.3, -0.25) is 0 Å². The van der Waals surface area contributed by atoms with Gasteiger partial charge in [0, 0.05) is 5.02 Å². The summed E-state index contributed by atoms with van der Waals surface area (Å²) in [5.41, 5.74) is 6.22. The monoisotopic (exact) mass is 302 g/mol. The summed E-state index contributed by atoms with van der Waals surface area (Å²) in [4.78, 5) is 0. The molecule has 0 spiro atoms. The molecule has 0 bridgehead atoms. The van der Waals surface area contributed by atoms with Crippen molar-refractivity contribution in [3.63, 3.8) is 0 Å². The third kappa shape index (κ3) is 4.80. The minimum absolute atomic E-state index is 0.672. The molecule has 2 aromatic rings. The SMILES string of the molecule is CCOc1ccc(/C(C)=N\NCc2ccc(Cl)cc2)cc1. The lowest BCUT2D eigenvalue weighted by Gasteiger charge is -2.06. The van der Waals surface area contributed by atoms with Gasteiger partial charge in [-0.1, -0.05) is 23.7 Å². The highest BCUT2D eigenvalue weighted by atomic mass is 35.5. The van der Waals surface area contributed by atoms with Crippen molar-refractivity contribution in [2.45, 2.75) is 20.4 Å². The maximum Gasteiger partial charge on any atom is 0.119 e. The molecular formula is C17H19ClN2O. The van der Waals surface area contributed by atoms with Crippen LogP contribution in [0.25, 0.3) is 0 Å². The van der Waals surface area contributed by atoms with E-state index in [1.165, 1.54) is 0 Å². The van der Waals surface area contributed by atoms with Crippen LogP contribution in [0.2, 0.25) is 5.02 Å². The molecule has 0 radical (unpaired) electrons. The van der Waals surface area contributed by atoms with Crippen LogP contribution in [-0.2, 0) is 6.54 Å². The summed E-state index contributed by atoms with van der Waals surface area (Å²) < 4.78 is 5.42. The van der Waals surface area contributed by atoms with Crippen molar-refractivity contribution in [1.82, 2.24) is 5.43 Å². The normalized spacial score (nSPS) is 11.3. The number of hydrogen-bond acceptors (Lipinski definition) is 3. The van der Waals surface area contributed by atoms with Crippen molar-refractivity contribution in [1.29, 1.82) is 0 Å². The van der Waals surface area contributed by atoms with Crippen molar-refractivity contribution in [2.24, 2.45) is 5.10 Å². The molecule has 0 amide bonds. The predicted molar refractivity (Wildman–Crippen MR) is 88.1 cm³/mol. The Morgan fingerprint density at radius 1 is 1.10 bits per heavy atom. The van der Waals surface area contributed by atoms with Gasteiger partial charge in [-0.25, -0.2) is 0 Å². The Morgan fingerprint density at radius 2 is 1.76 bits per heavy atom. The largest absolute Gasteiger partial charge is 0.494 e. The minimum Gasteiger partial charge on any atom is -0.494 e. The Kier molecular flexibility index (Phi) is 5.64. The fourth-order valence-corrected chi connectivity index (χ4v) is 2.00. The van der Waals surface area contributed by atoms with Gasteiger partial charge in [-0.15, -0.1) is 0 Å². The van der Waals surface area contributed by atoms with Crippen molar-refractivity contribution in [2.75, 3.05) is 6.61 Å². The number of halogens is 1. The number of hydrogen-bond donors (Lipinski definition) is 1. The topological polar surface area (TPSA) is 33.6 Å². The second-order valence-corrected chi connectivity index (χ2v) is 5.05. The van der Waals surface area contributed by atoms with E-state index >= 15 is 0 Å². The van der Waals surface area contributed by atoms with Crippen LogP contribution in [0.15, 0.2) is 53.6 Å². The predicted octanol–water partition coefficient (Wildman–Crippen LogP) is 4.25. The highest BCUT2D eigenvalue weighted by Crippen LogP contribution is 2.13. The van der Waals surface area contributed by atoms with Gasteiger partial charge in [0.25, 0.3) is 0 Å². The molecule has 0 aliphatic rings. The van der Waals surface area contributed by atoms with Crippen LogP contribution < -0.4 is 10.2 Å². The first-order valence-corrected chi connectivity index (χ1v) is 7.31.